The van der Waals surface area contributed by atoms with Crippen LogP contribution in [0, 0.1) is 0 Å². The number of rotatable bonds is 3. The Hall–Kier alpha value is -1.52. The summed E-state index contributed by atoms with van der Waals surface area (Å²) in [5, 5.41) is 7.19. The fourth-order valence-electron chi connectivity index (χ4n) is 1.21. The first-order valence-corrected chi connectivity index (χ1v) is 4.79. The third-order valence-electron chi connectivity index (χ3n) is 2.26. The van der Waals surface area contributed by atoms with Crippen molar-refractivity contribution in [2.75, 3.05) is 0 Å². The molecule has 0 atom stereocenters. The molecule has 0 aliphatic heterocycles. The molecule has 1 saturated carbocycles. The second-order valence-electron chi connectivity index (χ2n) is 3.57. The average Bonchev–Trinajstić information content (AvgIpc) is 2.86. The number of nitrogens with one attached hydrogen (secondary N) is 1. The number of guanidine groups is 1. The fraction of sp³-hybridized carbons (Fsp3) is 0.556. The quantitative estimate of drug-likeness (QED) is 0.524. The standard InChI is InChI=1S/C9H15N5/c1-14-8(4-5-12-14)6-11-9(10)13-7-2-3-7/h4-5,7H,2-3,6H2,1H3,(H3,10,11,13). The largest absolute Gasteiger partial charge is 0.370 e. The number of nitrogens with zero attached hydrogens (tertiary/aromatic N) is 3. The van der Waals surface area contributed by atoms with Crippen molar-refractivity contribution in [2.24, 2.45) is 17.8 Å². The maximum Gasteiger partial charge on any atom is 0.189 e. The van der Waals surface area contributed by atoms with Crippen molar-refractivity contribution < 1.29 is 0 Å². The summed E-state index contributed by atoms with van der Waals surface area (Å²) in [6, 6.07) is 2.50. The smallest absolute Gasteiger partial charge is 0.189 e. The van der Waals surface area contributed by atoms with Gasteiger partial charge in [-0.1, -0.05) is 0 Å². The summed E-state index contributed by atoms with van der Waals surface area (Å²) in [7, 11) is 1.90. The van der Waals surface area contributed by atoms with E-state index in [-0.39, 0.29) is 0 Å². The maximum absolute atomic E-state index is 5.69. The summed E-state index contributed by atoms with van der Waals surface area (Å²) in [6.45, 7) is 0.585. The van der Waals surface area contributed by atoms with Crippen LogP contribution in [0.4, 0.5) is 0 Å². The normalized spacial score (nSPS) is 17.1. The van der Waals surface area contributed by atoms with E-state index in [1.807, 2.05) is 13.1 Å². The fourth-order valence-corrected chi connectivity index (χ4v) is 1.21. The highest BCUT2D eigenvalue weighted by molar-refractivity contribution is 5.78. The molecule has 5 nitrogen and oxygen atoms in total. The van der Waals surface area contributed by atoms with E-state index in [0.29, 0.717) is 18.5 Å². The van der Waals surface area contributed by atoms with Crippen molar-refractivity contribution in [2.45, 2.75) is 25.4 Å². The molecule has 0 bridgehead atoms. The number of aryl methyl sites for hydroxylation is 1. The van der Waals surface area contributed by atoms with Gasteiger partial charge in [-0.2, -0.15) is 5.10 Å². The van der Waals surface area contributed by atoms with Crippen LogP contribution in [0.15, 0.2) is 17.3 Å². The van der Waals surface area contributed by atoms with Crippen molar-refractivity contribution >= 4 is 5.96 Å². The molecule has 3 N–H and O–H groups in total. The molecule has 0 aromatic carbocycles. The van der Waals surface area contributed by atoms with E-state index in [2.05, 4.69) is 15.4 Å². The summed E-state index contributed by atoms with van der Waals surface area (Å²) in [4.78, 5) is 4.23. The molecular formula is C9H15N5. The lowest BCUT2D eigenvalue weighted by atomic mass is 10.4. The first-order valence-electron chi connectivity index (χ1n) is 4.79. The number of aliphatic imine (C=N–C) groups is 1. The highest BCUT2D eigenvalue weighted by Crippen LogP contribution is 2.18. The predicted octanol–water partition coefficient (Wildman–Crippen LogP) is -0.0132. The number of aromatic nitrogens is 2. The Balaban J connectivity index is 1.88. The predicted molar refractivity (Wildman–Crippen MR) is 54.7 cm³/mol. The Morgan fingerprint density at radius 3 is 3.14 bits per heavy atom. The highest BCUT2D eigenvalue weighted by Gasteiger charge is 2.21. The first kappa shape index (κ1) is 9.05. The molecule has 14 heavy (non-hydrogen) atoms. The van der Waals surface area contributed by atoms with Crippen LogP contribution in [-0.4, -0.2) is 21.8 Å². The molecule has 1 heterocycles. The van der Waals surface area contributed by atoms with E-state index in [1.165, 1.54) is 12.8 Å². The van der Waals surface area contributed by atoms with Crippen LogP contribution in [-0.2, 0) is 13.6 Å². The molecular weight excluding hydrogens is 178 g/mol. The van der Waals surface area contributed by atoms with Crippen molar-refractivity contribution in [3.63, 3.8) is 0 Å². The van der Waals surface area contributed by atoms with Gasteiger partial charge in [-0.25, -0.2) is 4.99 Å². The zero-order valence-corrected chi connectivity index (χ0v) is 8.27. The van der Waals surface area contributed by atoms with Gasteiger partial charge < -0.3 is 11.1 Å². The molecule has 1 fully saturated rings. The molecule has 0 amide bonds. The van der Waals surface area contributed by atoms with Crippen LogP contribution in [0.2, 0.25) is 0 Å². The highest BCUT2D eigenvalue weighted by atomic mass is 15.3. The summed E-state index contributed by atoms with van der Waals surface area (Å²) in [5.41, 5.74) is 6.75. The van der Waals surface area contributed by atoms with Gasteiger partial charge in [-0.3, -0.25) is 4.68 Å². The number of nitrogens with two attached hydrogens (primary N) is 1. The Bertz CT molecular complexity index is 337. The van der Waals surface area contributed by atoms with E-state index in [9.17, 15) is 0 Å². The topological polar surface area (TPSA) is 68.2 Å². The SMILES string of the molecule is Cn1nccc1CN=C(N)NC1CC1. The van der Waals surface area contributed by atoms with Gasteiger partial charge in [0.2, 0.25) is 0 Å². The second kappa shape index (κ2) is 3.69. The molecule has 76 valence electrons. The second-order valence-corrected chi connectivity index (χ2v) is 3.57. The summed E-state index contributed by atoms with van der Waals surface area (Å²) in [6.07, 6.45) is 4.18. The Kier molecular flexibility index (Phi) is 2.39. The molecule has 1 aromatic rings. The molecule has 0 saturated heterocycles. The monoisotopic (exact) mass is 193 g/mol. The van der Waals surface area contributed by atoms with Crippen LogP contribution in [0.5, 0.6) is 0 Å². The van der Waals surface area contributed by atoms with Crippen LogP contribution < -0.4 is 11.1 Å². The zero-order chi connectivity index (χ0) is 9.97. The van der Waals surface area contributed by atoms with Gasteiger partial charge in [0, 0.05) is 19.3 Å². The van der Waals surface area contributed by atoms with Gasteiger partial charge in [0.1, 0.15) is 0 Å². The van der Waals surface area contributed by atoms with E-state index >= 15 is 0 Å². The number of hydrogen-bond acceptors (Lipinski definition) is 2. The molecule has 0 unspecified atom stereocenters. The van der Waals surface area contributed by atoms with Gasteiger partial charge in [0.25, 0.3) is 0 Å². The van der Waals surface area contributed by atoms with Crippen LogP contribution >= 0.6 is 0 Å². The third-order valence-corrected chi connectivity index (χ3v) is 2.26. The molecule has 1 aliphatic carbocycles. The van der Waals surface area contributed by atoms with Crippen LogP contribution in [0.25, 0.3) is 0 Å². The van der Waals surface area contributed by atoms with Gasteiger partial charge >= 0.3 is 0 Å². The van der Waals surface area contributed by atoms with Gasteiger partial charge in [0.15, 0.2) is 5.96 Å². The Morgan fingerprint density at radius 2 is 2.57 bits per heavy atom. The summed E-state index contributed by atoms with van der Waals surface area (Å²) < 4.78 is 1.80. The van der Waals surface area contributed by atoms with Crippen molar-refractivity contribution in [3.8, 4) is 0 Å². The minimum Gasteiger partial charge on any atom is -0.370 e. The lowest BCUT2D eigenvalue weighted by Gasteiger charge is -2.02. The van der Waals surface area contributed by atoms with Gasteiger partial charge in [-0.05, 0) is 18.9 Å². The van der Waals surface area contributed by atoms with Gasteiger partial charge in [-0.15, -0.1) is 0 Å². The van der Waals surface area contributed by atoms with Crippen molar-refractivity contribution in [1.29, 1.82) is 0 Å². The van der Waals surface area contributed by atoms with E-state index in [4.69, 9.17) is 5.73 Å². The lowest BCUT2D eigenvalue weighted by molar-refractivity contribution is 0.710. The van der Waals surface area contributed by atoms with Crippen molar-refractivity contribution in [1.82, 2.24) is 15.1 Å². The molecule has 2 rings (SSSR count). The molecule has 0 radical (unpaired) electrons. The van der Waals surface area contributed by atoms with E-state index in [0.717, 1.165) is 5.69 Å². The molecule has 1 aromatic heterocycles. The molecule has 0 spiro atoms. The van der Waals surface area contributed by atoms with Crippen LogP contribution in [0.1, 0.15) is 18.5 Å². The minimum absolute atomic E-state index is 0.536. The summed E-state index contributed by atoms with van der Waals surface area (Å²) >= 11 is 0. The summed E-state index contributed by atoms with van der Waals surface area (Å²) in [5.74, 6) is 0.536. The van der Waals surface area contributed by atoms with E-state index in [1.54, 1.807) is 10.9 Å². The minimum atomic E-state index is 0.536. The first-order chi connectivity index (χ1) is 6.75. The number of hydrogen-bond donors (Lipinski definition) is 2. The average molecular weight is 193 g/mol. The van der Waals surface area contributed by atoms with Gasteiger partial charge in [0.05, 0.1) is 12.2 Å². The lowest BCUT2D eigenvalue weighted by Crippen LogP contribution is -2.33. The molecule has 1 aliphatic rings. The zero-order valence-electron chi connectivity index (χ0n) is 8.27. The Morgan fingerprint density at radius 1 is 1.79 bits per heavy atom. The third kappa shape index (κ3) is 2.25. The van der Waals surface area contributed by atoms with Crippen molar-refractivity contribution in [3.05, 3.63) is 18.0 Å². The van der Waals surface area contributed by atoms with Crippen LogP contribution in [0.3, 0.4) is 0 Å². The van der Waals surface area contributed by atoms with E-state index < -0.39 is 0 Å². The molecule has 5 heteroatoms. The Labute approximate surface area is 83.0 Å². The maximum atomic E-state index is 5.69.